The molecule has 1 amide bonds. The summed E-state index contributed by atoms with van der Waals surface area (Å²) in [7, 11) is 4.03. The topological polar surface area (TPSA) is 36.4 Å². The van der Waals surface area contributed by atoms with Crippen LogP contribution in [0.15, 0.2) is 24.3 Å². The van der Waals surface area contributed by atoms with Crippen LogP contribution in [0.5, 0.6) is 0 Å². The number of halogens is 1. The number of nitrogens with zero attached hydrogens (tertiary/aromatic N) is 3. The maximum atomic E-state index is 13.4. The smallest absolute Gasteiger partial charge is 0.233 e. The summed E-state index contributed by atoms with van der Waals surface area (Å²) in [5.74, 6) is 0.0738. The van der Waals surface area contributed by atoms with Crippen LogP contribution in [0.4, 0.5) is 5.13 Å². The molecule has 0 spiro atoms. The van der Waals surface area contributed by atoms with Gasteiger partial charge in [0, 0.05) is 18.1 Å². The summed E-state index contributed by atoms with van der Waals surface area (Å²) in [6.07, 6.45) is 0.376. The zero-order chi connectivity index (χ0) is 21.3. The van der Waals surface area contributed by atoms with Gasteiger partial charge in [0.05, 0.1) is 16.6 Å². The number of carbonyl (C=O) groups is 1. The second kappa shape index (κ2) is 8.82. The van der Waals surface area contributed by atoms with Crippen molar-refractivity contribution in [3.05, 3.63) is 57.1 Å². The number of fused-ring (bicyclic) bond motifs is 1. The van der Waals surface area contributed by atoms with Gasteiger partial charge in [-0.15, -0.1) is 0 Å². The van der Waals surface area contributed by atoms with Crippen molar-refractivity contribution in [3.8, 4) is 0 Å². The Labute approximate surface area is 182 Å². The molecular weight excluding hydrogens is 402 g/mol. The van der Waals surface area contributed by atoms with E-state index in [4.69, 9.17) is 16.6 Å². The van der Waals surface area contributed by atoms with E-state index in [9.17, 15) is 4.79 Å². The quantitative estimate of drug-likeness (QED) is 0.532. The first-order chi connectivity index (χ1) is 13.7. The molecule has 1 heterocycles. The largest absolute Gasteiger partial charge is 0.308 e. The van der Waals surface area contributed by atoms with Gasteiger partial charge < -0.3 is 4.90 Å². The zero-order valence-corrected chi connectivity index (χ0v) is 19.5. The first-order valence-corrected chi connectivity index (χ1v) is 10.9. The van der Waals surface area contributed by atoms with Crippen LogP contribution in [0.2, 0.25) is 5.02 Å². The number of aromatic nitrogens is 1. The molecule has 0 aliphatic rings. The summed E-state index contributed by atoms with van der Waals surface area (Å²) in [4.78, 5) is 22.1. The number of benzene rings is 2. The molecule has 6 heteroatoms. The van der Waals surface area contributed by atoms with E-state index in [1.165, 1.54) is 5.56 Å². The summed E-state index contributed by atoms with van der Waals surface area (Å²) >= 11 is 7.82. The molecule has 154 valence electrons. The number of anilines is 1. The summed E-state index contributed by atoms with van der Waals surface area (Å²) in [6.45, 7) is 9.59. The molecule has 0 aliphatic heterocycles. The van der Waals surface area contributed by atoms with Crippen LogP contribution in [0.1, 0.15) is 27.8 Å². The summed E-state index contributed by atoms with van der Waals surface area (Å²) in [5.41, 5.74) is 6.49. The third-order valence-corrected chi connectivity index (χ3v) is 6.66. The lowest BCUT2D eigenvalue weighted by Crippen LogP contribution is -2.37. The minimum absolute atomic E-state index is 0.0738. The van der Waals surface area contributed by atoms with E-state index in [2.05, 4.69) is 37.8 Å². The third-order valence-electron chi connectivity index (χ3n) is 5.21. The van der Waals surface area contributed by atoms with Gasteiger partial charge in [-0.3, -0.25) is 9.69 Å². The van der Waals surface area contributed by atoms with Gasteiger partial charge in [0.15, 0.2) is 5.13 Å². The van der Waals surface area contributed by atoms with Crippen molar-refractivity contribution in [2.45, 2.75) is 34.1 Å². The van der Waals surface area contributed by atoms with Crippen LogP contribution in [0, 0.1) is 27.7 Å². The Balaban J connectivity index is 1.97. The highest BCUT2D eigenvalue weighted by molar-refractivity contribution is 7.22. The van der Waals surface area contributed by atoms with Gasteiger partial charge >= 0.3 is 0 Å². The number of thiazole rings is 1. The van der Waals surface area contributed by atoms with Gasteiger partial charge in [0.2, 0.25) is 5.91 Å². The first-order valence-electron chi connectivity index (χ1n) is 9.75. The Hall–Kier alpha value is -1.95. The van der Waals surface area contributed by atoms with E-state index in [-0.39, 0.29) is 5.91 Å². The van der Waals surface area contributed by atoms with Crippen molar-refractivity contribution in [2.75, 3.05) is 32.1 Å². The summed E-state index contributed by atoms with van der Waals surface area (Å²) in [5, 5.41) is 1.44. The van der Waals surface area contributed by atoms with Gasteiger partial charge in [0.25, 0.3) is 0 Å². The van der Waals surface area contributed by atoms with Crippen molar-refractivity contribution in [1.29, 1.82) is 0 Å². The molecule has 0 fully saturated rings. The van der Waals surface area contributed by atoms with E-state index in [1.54, 1.807) is 11.3 Å². The van der Waals surface area contributed by atoms with Gasteiger partial charge in [-0.25, -0.2) is 4.98 Å². The van der Waals surface area contributed by atoms with Crippen LogP contribution in [0.25, 0.3) is 10.2 Å². The van der Waals surface area contributed by atoms with Crippen LogP contribution in [0.3, 0.4) is 0 Å². The number of hydrogen-bond donors (Lipinski definition) is 0. The van der Waals surface area contributed by atoms with E-state index in [0.29, 0.717) is 18.0 Å². The number of likely N-dealkylation sites (N-methyl/N-ethyl adjacent to an activating group) is 1. The lowest BCUT2D eigenvalue weighted by molar-refractivity contribution is -0.118. The molecule has 29 heavy (non-hydrogen) atoms. The van der Waals surface area contributed by atoms with Gasteiger partial charge in [-0.05, 0) is 76.2 Å². The van der Waals surface area contributed by atoms with Crippen LogP contribution < -0.4 is 4.90 Å². The maximum Gasteiger partial charge on any atom is 0.233 e. The molecule has 4 nitrogen and oxygen atoms in total. The molecule has 0 radical (unpaired) electrons. The normalized spacial score (nSPS) is 11.4. The highest BCUT2D eigenvalue weighted by Gasteiger charge is 2.22. The average Bonchev–Trinajstić information content (AvgIpc) is 3.06. The monoisotopic (exact) mass is 429 g/mol. The Morgan fingerprint density at radius 3 is 2.34 bits per heavy atom. The molecule has 1 aromatic heterocycles. The summed E-state index contributed by atoms with van der Waals surface area (Å²) < 4.78 is 1.05. The molecule has 0 N–H and O–H groups in total. The number of amides is 1. The second-order valence-electron chi connectivity index (χ2n) is 7.92. The van der Waals surface area contributed by atoms with Crippen LogP contribution in [-0.4, -0.2) is 43.0 Å². The number of rotatable bonds is 6. The fourth-order valence-corrected chi connectivity index (χ4v) is 4.79. The lowest BCUT2D eigenvalue weighted by atomic mass is 9.97. The van der Waals surface area contributed by atoms with E-state index in [1.807, 2.05) is 38.1 Å². The number of carbonyl (C=O) groups excluding carboxylic acids is 1. The molecule has 0 atom stereocenters. The molecular formula is C23H28ClN3OS. The first kappa shape index (κ1) is 21.8. The van der Waals surface area contributed by atoms with Crippen molar-refractivity contribution >= 4 is 44.2 Å². The Kier molecular flexibility index (Phi) is 6.62. The van der Waals surface area contributed by atoms with Gasteiger partial charge in [0.1, 0.15) is 0 Å². The van der Waals surface area contributed by atoms with Crippen LogP contribution >= 0.6 is 22.9 Å². The van der Waals surface area contributed by atoms with E-state index >= 15 is 0 Å². The average molecular weight is 430 g/mol. The summed E-state index contributed by atoms with van der Waals surface area (Å²) in [6, 6.07) is 8.16. The van der Waals surface area contributed by atoms with E-state index in [0.717, 1.165) is 44.1 Å². The predicted molar refractivity (Wildman–Crippen MR) is 125 cm³/mol. The number of aryl methyl sites for hydroxylation is 4. The Bertz CT molecular complexity index is 1030. The van der Waals surface area contributed by atoms with E-state index < -0.39 is 0 Å². The Morgan fingerprint density at radius 2 is 1.72 bits per heavy atom. The number of hydrogen-bond acceptors (Lipinski definition) is 4. The highest BCUT2D eigenvalue weighted by Crippen LogP contribution is 2.34. The van der Waals surface area contributed by atoms with Crippen molar-refractivity contribution in [1.82, 2.24) is 9.88 Å². The van der Waals surface area contributed by atoms with Crippen molar-refractivity contribution < 1.29 is 4.79 Å². The van der Waals surface area contributed by atoms with Gasteiger partial charge in [-0.2, -0.15) is 0 Å². The standard InChI is InChI=1S/C23H28ClN3OS/c1-14-11-15(2)18(16(3)12-14)13-21(28)27(10-9-26(5)6)23-25-22-17(4)19(24)7-8-20(22)29-23/h7-8,11-12H,9-10,13H2,1-6H3. The highest BCUT2D eigenvalue weighted by atomic mass is 35.5. The molecule has 0 unspecified atom stereocenters. The molecule has 0 aliphatic carbocycles. The van der Waals surface area contributed by atoms with Crippen molar-refractivity contribution in [2.24, 2.45) is 0 Å². The maximum absolute atomic E-state index is 13.4. The Morgan fingerprint density at radius 1 is 1.07 bits per heavy atom. The molecule has 3 rings (SSSR count). The minimum atomic E-state index is 0.0738. The molecule has 0 bridgehead atoms. The third kappa shape index (κ3) is 4.80. The van der Waals surface area contributed by atoms with Crippen molar-refractivity contribution in [3.63, 3.8) is 0 Å². The fraction of sp³-hybridized carbons (Fsp3) is 0.391. The zero-order valence-electron chi connectivity index (χ0n) is 18.0. The van der Waals surface area contributed by atoms with Crippen LogP contribution in [-0.2, 0) is 11.2 Å². The molecule has 2 aromatic carbocycles. The lowest BCUT2D eigenvalue weighted by Gasteiger charge is -2.23. The molecule has 3 aromatic rings. The fourth-order valence-electron chi connectivity index (χ4n) is 3.57. The predicted octanol–water partition coefficient (Wildman–Crippen LogP) is 5.32. The SMILES string of the molecule is Cc1cc(C)c(CC(=O)N(CCN(C)C)c2nc3c(C)c(Cl)ccc3s2)c(C)c1. The van der Waals surface area contributed by atoms with Gasteiger partial charge in [-0.1, -0.05) is 40.6 Å². The molecule has 0 saturated heterocycles. The second-order valence-corrected chi connectivity index (χ2v) is 9.33. The molecule has 0 saturated carbocycles. The minimum Gasteiger partial charge on any atom is -0.308 e.